The van der Waals surface area contributed by atoms with Gasteiger partial charge in [0, 0.05) is 23.8 Å². The summed E-state index contributed by atoms with van der Waals surface area (Å²) in [4.78, 5) is 28.8. The monoisotopic (exact) mass is 327 g/mol. The number of carbonyl (C=O) groups is 1. The predicted molar refractivity (Wildman–Crippen MR) is 67.7 cm³/mol. The molecule has 0 saturated carbocycles. The first-order chi connectivity index (χ1) is 8.34. The van der Waals surface area contributed by atoms with E-state index in [-0.39, 0.29) is 18.8 Å². The van der Waals surface area contributed by atoms with Crippen LogP contribution in [-0.4, -0.2) is 32.3 Å². The summed E-state index contributed by atoms with van der Waals surface area (Å²) >= 11 is 4.08. The van der Waals surface area contributed by atoms with Crippen LogP contribution in [0, 0.1) is 0 Å². The largest absolute Gasteiger partial charge is 1.00 e. The highest BCUT2D eigenvalue weighted by Crippen LogP contribution is 2.42. The molecule has 0 aliphatic heterocycles. The fraction of sp³-hybridized carbons (Fsp3) is 0.400. The molecule has 0 fully saturated rings. The Balaban J connectivity index is 0.00000324. The topological polar surface area (TPSA) is 98.7 Å². The van der Waals surface area contributed by atoms with Gasteiger partial charge >= 0.3 is 13.6 Å². The molecule has 3 N–H and O–H groups in total. The van der Waals surface area contributed by atoms with Crippen LogP contribution in [0.1, 0.15) is 5.56 Å². The van der Waals surface area contributed by atoms with E-state index in [4.69, 9.17) is 14.9 Å². The third-order valence-corrected chi connectivity index (χ3v) is 3.81. The zero-order valence-corrected chi connectivity index (χ0v) is 12.4. The molecule has 0 bridgehead atoms. The summed E-state index contributed by atoms with van der Waals surface area (Å²) in [6.07, 6.45) is 3.25. The number of hydrogen-bond donors (Lipinski definition) is 4. The molecule has 1 aromatic heterocycles. The third-order valence-electron chi connectivity index (χ3n) is 2.40. The number of nitrogens with zero attached hydrogens (tertiary/aromatic N) is 1. The first-order valence-electron chi connectivity index (χ1n) is 5.21. The molecule has 0 radical (unpaired) electrons. The minimum Gasteiger partial charge on any atom is -1.00 e. The quantitative estimate of drug-likeness (QED) is 0.255. The fourth-order valence-electron chi connectivity index (χ4n) is 1.52. The van der Waals surface area contributed by atoms with Crippen molar-refractivity contribution in [1.29, 1.82) is 0 Å². The normalized spacial score (nSPS) is 12.6. The number of carboxylic acids is 1. The van der Waals surface area contributed by atoms with Gasteiger partial charge in [0.1, 0.15) is 0 Å². The van der Waals surface area contributed by atoms with Crippen LogP contribution in [-0.2, 0) is 22.3 Å². The predicted octanol–water partition coefficient (Wildman–Crippen LogP) is -2.92. The Kier molecular flexibility index (Phi) is 7.62. The minimum absolute atomic E-state index is 0. The summed E-state index contributed by atoms with van der Waals surface area (Å²) in [5.74, 6) is -0.873. The van der Waals surface area contributed by atoms with Crippen molar-refractivity contribution >= 4 is 26.2 Å². The van der Waals surface area contributed by atoms with Gasteiger partial charge in [-0.05, 0) is 6.07 Å². The molecule has 19 heavy (non-hydrogen) atoms. The summed E-state index contributed by atoms with van der Waals surface area (Å²) in [6.45, 7) is 0.643. The van der Waals surface area contributed by atoms with Crippen molar-refractivity contribution in [3.05, 3.63) is 30.1 Å². The molecular formula is C10H15ClNO5PS. The summed E-state index contributed by atoms with van der Waals surface area (Å²) in [7, 11) is -4.65. The van der Waals surface area contributed by atoms with Gasteiger partial charge in [-0.3, -0.25) is 9.36 Å². The zero-order valence-electron chi connectivity index (χ0n) is 9.89. The average molecular weight is 328 g/mol. The molecule has 6 nitrogen and oxygen atoms in total. The molecule has 0 spiro atoms. The highest BCUT2D eigenvalue weighted by molar-refractivity contribution is 7.80. The van der Waals surface area contributed by atoms with Crippen molar-refractivity contribution in [2.75, 3.05) is 5.75 Å². The van der Waals surface area contributed by atoms with Gasteiger partial charge in [0.25, 0.3) is 0 Å². The molecule has 108 valence electrons. The lowest BCUT2D eigenvalue weighted by Gasteiger charge is -2.13. The number of rotatable bonds is 6. The Hall–Kier alpha value is -0.590. The van der Waals surface area contributed by atoms with E-state index in [0.29, 0.717) is 17.9 Å². The van der Waals surface area contributed by atoms with E-state index in [2.05, 4.69) is 12.6 Å². The first-order valence-corrected chi connectivity index (χ1v) is 7.53. The second kappa shape index (κ2) is 7.87. The van der Waals surface area contributed by atoms with Gasteiger partial charge in [0.05, 0.1) is 0 Å². The van der Waals surface area contributed by atoms with Crippen molar-refractivity contribution in [3.8, 4) is 0 Å². The number of aryl methyl sites for hydroxylation is 1. The summed E-state index contributed by atoms with van der Waals surface area (Å²) in [6, 6.07) is 3.35. The Morgan fingerprint density at radius 3 is 2.58 bits per heavy atom. The Labute approximate surface area is 122 Å². The molecule has 0 amide bonds. The maximum Gasteiger partial charge on any atom is 0.340 e. The molecule has 1 heterocycles. The van der Waals surface area contributed by atoms with Gasteiger partial charge in [0.2, 0.25) is 0 Å². The van der Waals surface area contributed by atoms with Crippen LogP contribution >= 0.6 is 20.2 Å². The lowest BCUT2D eigenvalue weighted by molar-refractivity contribution is -0.692. The van der Waals surface area contributed by atoms with E-state index < -0.39 is 19.2 Å². The molecule has 1 rings (SSSR count). The molecule has 1 unspecified atom stereocenters. The molecule has 1 aromatic rings. The van der Waals surface area contributed by atoms with Crippen molar-refractivity contribution in [1.82, 2.24) is 0 Å². The van der Waals surface area contributed by atoms with Crippen LogP contribution in [0.15, 0.2) is 24.5 Å². The molecule has 9 heteroatoms. The molecule has 0 aromatic carbocycles. The van der Waals surface area contributed by atoms with E-state index in [9.17, 15) is 9.36 Å². The van der Waals surface area contributed by atoms with Crippen molar-refractivity contribution in [3.63, 3.8) is 0 Å². The number of hydrogen-bond acceptors (Lipinski definition) is 3. The van der Waals surface area contributed by atoms with Crippen molar-refractivity contribution < 1.29 is 41.2 Å². The number of halogens is 1. The second-order valence-corrected chi connectivity index (χ2v) is 6.07. The van der Waals surface area contributed by atoms with Gasteiger partial charge < -0.3 is 27.3 Å². The SMILES string of the molecule is O=C(O)C(Cc1ccc[n+](CCS)c1)P(=O)(O)O.[Cl-]. The Bertz CT molecular complexity index is 481. The summed E-state index contributed by atoms with van der Waals surface area (Å²) < 4.78 is 12.9. The maximum atomic E-state index is 11.1. The third kappa shape index (κ3) is 5.93. The molecule has 0 aliphatic carbocycles. The lowest BCUT2D eigenvalue weighted by Crippen LogP contribution is -3.00. The second-order valence-electron chi connectivity index (χ2n) is 3.82. The number of thiol groups is 1. The molecule has 0 aliphatic rings. The standard InChI is InChI=1S/C10H14NO5PS.ClH/c12-10(13)9(17(14,15)16)6-8-2-1-3-11(7-8)4-5-18;/h1-3,7,9H,4-6H2,(H3-,12,13,14,15,16,18);1H. The number of aliphatic carboxylic acids is 1. The zero-order chi connectivity index (χ0) is 13.8. The number of aromatic nitrogens is 1. The van der Waals surface area contributed by atoms with E-state index >= 15 is 0 Å². The van der Waals surface area contributed by atoms with Crippen LogP contribution < -0.4 is 17.0 Å². The van der Waals surface area contributed by atoms with Gasteiger partial charge in [-0.1, -0.05) is 0 Å². The van der Waals surface area contributed by atoms with E-state index in [0.717, 1.165) is 0 Å². The summed E-state index contributed by atoms with van der Waals surface area (Å²) in [5, 5.41) is 8.83. The van der Waals surface area contributed by atoms with Gasteiger partial charge in [-0.15, -0.1) is 0 Å². The van der Waals surface area contributed by atoms with Crippen LogP contribution in [0.3, 0.4) is 0 Å². The van der Waals surface area contributed by atoms with E-state index in [1.54, 1.807) is 29.1 Å². The van der Waals surface area contributed by atoms with Crippen LogP contribution in [0.5, 0.6) is 0 Å². The highest BCUT2D eigenvalue weighted by Gasteiger charge is 2.36. The van der Waals surface area contributed by atoms with Gasteiger partial charge in [-0.25, -0.2) is 4.57 Å². The van der Waals surface area contributed by atoms with Gasteiger partial charge in [-0.2, -0.15) is 12.6 Å². The first kappa shape index (κ1) is 18.4. The number of carboxylic acid groups (broad SMARTS) is 1. The van der Waals surface area contributed by atoms with Crippen molar-refractivity contribution in [2.24, 2.45) is 0 Å². The van der Waals surface area contributed by atoms with Crippen LogP contribution in [0.25, 0.3) is 0 Å². The fourth-order valence-corrected chi connectivity index (χ4v) is 2.49. The van der Waals surface area contributed by atoms with E-state index in [1.807, 2.05) is 0 Å². The van der Waals surface area contributed by atoms with Gasteiger partial charge in [0.15, 0.2) is 24.6 Å². The minimum atomic E-state index is -4.65. The maximum absolute atomic E-state index is 11.1. The molecule has 1 atom stereocenters. The molecule has 0 saturated heterocycles. The molecular weight excluding hydrogens is 313 g/mol. The lowest BCUT2D eigenvalue weighted by atomic mass is 10.1. The smallest absolute Gasteiger partial charge is 0.340 e. The van der Waals surface area contributed by atoms with Crippen LogP contribution in [0.2, 0.25) is 0 Å². The Morgan fingerprint density at radius 2 is 2.11 bits per heavy atom. The Morgan fingerprint density at radius 1 is 1.47 bits per heavy atom. The summed E-state index contributed by atoms with van der Waals surface area (Å²) in [5.41, 5.74) is -1.14. The highest BCUT2D eigenvalue weighted by atomic mass is 35.5. The van der Waals surface area contributed by atoms with Crippen molar-refractivity contribution in [2.45, 2.75) is 18.6 Å². The average Bonchev–Trinajstić information content (AvgIpc) is 2.25. The number of pyridine rings is 1. The van der Waals surface area contributed by atoms with Crippen LogP contribution in [0.4, 0.5) is 0 Å². The van der Waals surface area contributed by atoms with E-state index in [1.165, 1.54) is 0 Å².